The van der Waals surface area contributed by atoms with Crippen molar-refractivity contribution < 1.29 is 14.0 Å². The van der Waals surface area contributed by atoms with Crippen molar-refractivity contribution in [2.24, 2.45) is 0 Å². The minimum atomic E-state index is -1.66. The third-order valence-electron chi connectivity index (χ3n) is 7.53. The van der Waals surface area contributed by atoms with Crippen molar-refractivity contribution in [3.05, 3.63) is 41.0 Å². The maximum atomic E-state index is 12.6. The molecule has 2 aliphatic rings. The largest absolute Gasteiger partial charge is 0.466 e. The minimum absolute atomic E-state index is 0.172. The van der Waals surface area contributed by atoms with E-state index in [0.717, 1.165) is 44.3 Å². The molecule has 2 bridgehead atoms. The van der Waals surface area contributed by atoms with E-state index in [1.807, 2.05) is 0 Å². The fourth-order valence-corrected chi connectivity index (χ4v) is 5.58. The molecule has 2 unspecified atom stereocenters. The van der Waals surface area contributed by atoms with Gasteiger partial charge in [-0.15, -0.1) is 0 Å². The molecule has 0 radical (unpaired) electrons. The van der Waals surface area contributed by atoms with Crippen LogP contribution in [-0.2, 0) is 20.4 Å². The number of carbonyl (C=O) groups excluding carboxylic acids is 1. The number of aryl methyl sites for hydroxylation is 1. The predicted molar refractivity (Wildman–Crippen MR) is 126 cm³/mol. The van der Waals surface area contributed by atoms with E-state index in [2.05, 4.69) is 70.1 Å². The average molecular weight is 430 g/mol. The molecule has 30 heavy (non-hydrogen) atoms. The average Bonchev–Trinajstić information content (AvgIpc) is 2.92. The quantitative estimate of drug-likeness (QED) is 0.329. The molecule has 1 saturated heterocycles. The Balaban J connectivity index is 1.66. The van der Waals surface area contributed by atoms with Crippen molar-refractivity contribution >= 4 is 19.9 Å². The molecule has 1 aromatic carbocycles. The molecule has 2 heterocycles. The van der Waals surface area contributed by atoms with Crippen LogP contribution in [0.4, 0.5) is 0 Å². The van der Waals surface area contributed by atoms with E-state index >= 15 is 0 Å². The zero-order valence-corrected chi connectivity index (χ0v) is 20.9. The number of fused-ring (bicyclic) bond motifs is 2. The molecule has 1 aromatic rings. The van der Waals surface area contributed by atoms with E-state index in [9.17, 15) is 4.79 Å². The van der Waals surface area contributed by atoms with Crippen LogP contribution in [0, 0.1) is 0 Å². The summed E-state index contributed by atoms with van der Waals surface area (Å²) >= 11 is 0. The summed E-state index contributed by atoms with van der Waals surface area (Å²) in [6.45, 7) is 12.3. The van der Waals surface area contributed by atoms with Gasteiger partial charge in [-0.2, -0.15) is 0 Å². The lowest BCUT2D eigenvalue weighted by atomic mass is 9.88. The highest BCUT2D eigenvalue weighted by atomic mass is 28.4. The predicted octanol–water partition coefficient (Wildman–Crippen LogP) is 5.43. The van der Waals surface area contributed by atoms with Gasteiger partial charge in [0.1, 0.15) is 0 Å². The first-order valence-corrected chi connectivity index (χ1v) is 14.2. The number of carbonyl (C=O) groups is 1. The van der Waals surface area contributed by atoms with Crippen LogP contribution in [-0.4, -0.2) is 52.0 Å². The van der Waals surface area contributed by atoms with Gasteiger partial charge in [0.2, 0.25) is 0 Å². The van der Waals surface area contributed by atoms with Crippen LogP contribution in [0.15, 0.2) is 29.8 Å². The molecule has 0 spiro atoms. The number of likely N-dealkylation sites (N-methyl/N-ethyl adjacent to an activating group) is 1. The molecule has 0 amide bonds. The zero-order valence-electron chi connectivity index (χ0n) is 19.9. The van der Waals surface area contributed by atoms with Gasteiger partial charge in [-0.3, -0.25) is 4.90 Å². The van der Waals surface area contributed by atoms with Crippen molar-refractivity contribution in [1.82, 2.24) is 4.90 Å². The van der Waals surface area contributed by atoms with Crippen molar-refractivity contribution in [2.75, 3.05) is 20.8 Å². The summed E-state index contributed by atoms with van der Waals surface area (Å²) in [5, 5.41) is 0.257. The molecule has 4 nitrogen and oxygen atoms in total. The van der Waals surface area contributed by atoms with Crippen LogP contribution in [0.5, 0.6) is 0 Å². The monoisotopic (exact) mass is 429 g/mol. The Morgan fingerprint density at radius 2 is 1.83 bits per heavy atom. The fraction of sp³-hybridized carbons (Fsp3) is 0.640. The highest BCUT2D eigenvalue weighted by molar-refractivity contribution is 6.74. The molecular formula is C25H39NO3Si. The van der Waals surface area contributed by atoms with Gasteiger partial charge in [-0.05, 0) is 74.0 Å². The van der Waals surface area contributed by atoms with Crippen LogP contribution < -0.4 is 0 Å². The maximum absolute atomic E-state index is 12.6. The number of hydrogen-bond donors (Lipinski definition) is 0. The van der Waals surface area contributed by atoms with Gasteiger partial charge in [0.05, 0.1) is 12.7 Å². The van der Waals surface area contributed by atoms with Crippen molar-refractivity contribution in [1.29, 1.82) is 0 Å². The molecule has 166 valence electrons. The van der Waals surface area contributed by atoms with Crippen LogP contribution in [0.1, 0.15) is 57.6 Å². The summed E-state index contributed by atoms with van der Waals surface area (Å²) in [5.41, 5.74) is 4.54. The summed E-state index contributed by atoms with van der Waals surface area (Å²) in [6, 6.07) is 9.53. The second-order valence-corrected chi connectivity index (χ2v) is 15.2. The standard InChI is InChI=1S/C25H39NO3Si/c1-25(2,3)30(6,7)29-16-8-9-18-10-12-19(13-11-18)21-17-20-14-15-22(26(20)4)23(21)24(27)28-5/h10-13,20,22H,8-9,14-17H2,1-7H3. The minimum Gasteiger partial charge on any atom is -0.466 e. The number of ether oxygens (including phenoxy) is 1. The molecule has 0 saturated carbocycles. The fourth-order valence-electron chi connectivity index (χ4n) is 4.49. The summed E-state index contributed by atoms with van der Waals surface area (Å²) < 4.78 is 11.5. The molecule has 0 aromatic heterocycles. The second kappa shape index (κ2) is 8.97. The molecule has 0 N–H and O–H groups in total. The lowest BCUT2D eigenvalue weighted by molar-refractivity contribution is -0.136. The van der Waals surface area contributed by atoms with Crippen LogP contribution in [0.25, 0.3) is 5.57 Å². The summed E-state index contributed by atoms with van der Waals surface area (Å²) in [6.07, 6.45) is 5.18. The van der Waals surface area contributed by atoms with Gasteiger partial charge in [-0.25, -0.2) is 4.79 Å². The normalized spacial score (nSPS) is 22.5. The third kappa shape index (κ3) is 4.73. The summed E-state index contributed by atoms with van der Waals surface area (Å²) in [4.78, 5) is 14.9. The van der Waals surface area contributed by atoms with Gasteiger partial charge in [-0.1, -0.05) is 45.0 Å². The topological polar surface area (TPSA) is 38.8 Å². The number of hydrogen-bond acceptors (Lipinski definition) is 4. The maximum Gasteiger partial charge on any atom is 0.335 e. The SMILES string of the molecule is COC(=O)C1=C(c2ccc(CCCO[Si](C)(C)C(C)(C)C)cc2)CC2CCC1N2C. The number of esters is 1. The molecular weight excluding hydrogens is 390 g/mol. The molecule has 3 rings (SSSR count). The smallest absolute Gasteiger partial charge is 0.335 e. The van der Waals surface area contributed by atoms with Crippen LogP contribution >= 0.6 is 0 Å². The van der Waals surface area contributed by atoms with Gasteiger partial charge in [0.15, 0.2) is 8.32 Å². The molecule has 5 heteroatoms. The van der Waals surface area contributed by atoms with E-state index in [0.29, 0.717) is 6.04 Å². The van der Waals surface area contributed by atoms with E-state index in [-0.39, 0.29) is 17.0 Å². The highest BCUT2D eigenvalue weighted by Crippen LogP contribution is 2.42. The van der Waals surface area contributed by atoms with Gasteiger partial charge >= 0.3 is 5.97 Å². The molecule has 0 aliphatic carbocycles. The first-order chi connectivity index (χ1) is 14.0. The van der Waals surface area contributed by atoms with Gasteiger partial charge in [0, 0.05) is 18.7 Å². The van der Waals surface area contributed by atoms with E-state index in [1.54, 1.807) is 0 Å². The van der Waals surface area contributed by atoms with Crippen LogP contribution in [0.3, 0.4) is 0 Å². The molecule has 1 fully saturated rings. The van der Waals surface area contributed by atoms with Crippen molar-refractivity contribution in [3.8, 4) is 0 Å². The summed E-state index contributed by atoms with van der Waals surface area (Å²) in [5.74, 6) is -0.172. The first kappa shape index (κ1) is 23.2. The Bertz CT molecular complexity index is 792. The van der Waals surface area contributed by atoms with Crippen molar-refractivity contribution in [2.45, 2.75) is 83.1 Å². The van der Waals surface area contributed by atoms with Gasteiger partial charge in [0.25, 0.3) is 0 Å². The third-order valence-corrected chi connectivity index (χ3v) is 12.1. The van der Waals surface area contributed by atoms with E-state index < -0.39 is 8.32 Å². The number of benzene rings is 1. The van der Waals surface area contributed by atoms with E-state index in [4.69, 9.17) is 9.16 Å². The Morgan fingerprint density at radius 3 is 2.43 bits per heavy atom. The second-order valence-electron chi connectivity index (χ2n) is 10.4. The zero-order chi connectivity index (χ0) is 22.1. The van der Waals surface area contributed by atoms with Gasteiger partial charge < -0.3 is 9.16 Å². The van der Waals surface area contributed by atoms with Crippen LogP contribution in [0.2, 0.25) is 18.1 Å². The first-order valence-electron chi connectivity index (χ1n) is 11.3. The highest BCUT2D eigenvalue weighted by Gasteiger charge is 2.42. The lowest BCUT2D eigenvalue weighted by Crippen LogP contribution is -2.41. The van der Waals surface area contributed by atoms with Crippen molar-refractivity contribution in [3.63, 3.8) is 0 Å². The Morgan fingerprint density at radius 1 is 1.17 bits per heavy atom. The lowest BCUT2D eigenvalue weighted by Gasteiger charge is -2.36. The number of nitrogens with zero attached hydrogens (tertiary/aromatic N) is 1. The Kier molecular flexibility index (Phi) is 6.95. The molecule has 2 aliphatic heterocycles. The Hall–Kier alpha value is -1.43. The summed E-state index contributed by atoms with van der Waals surface area (Å²) in [7, 11) is 1.96. The van der Waals surface area contributed by atoms with E-state index in [1.165, 1.54) is 23.8 Å². The number of rotatable bonds is 7. The molecule has 2 atom stereocenters. The number of methoxy groups -OCH3 is 1. The Labute approximate surface area is 183 Å².